The molecule has 0 heterocycles. The number of hydrogen-bond acceptors (Lipinski definition) is 5. The summed E-state index contributed by atoms with van der Waals surface area (Å²) in [6.07, 6.45) is 0.789. The van der Waals surface area contributed by atoms with Gasteiger partial charge in [-0.25, -0.2) is 0 Å². The summed E-state index contributed by atoms with van der Waals surface area (Å²) >= 11 is 0. The van der Waals surface area contributed by atoms with E-state index in [0.29, 0.717) is 11.9 Å². The molecule has 2 atom stereocenters. The van der Waals surface area contributed by atoms with Gasteiger partial charge in [-0.15, -0.1) is 0 Å². The summed E-state index contributed by atoms with van der Waals surface area (Å²) in [7, 11) is 4.69. The van der Waals surface area contributed by atoms with Crippen LogP contribution in [-0.4, -0.2) is 34.8 Å². The molecule has 0 aliphatic rings. The largest absolute Gasteiger partial charge is 0.378 e. The van der Waals surface area contributed by atoms with Crippen molar-refractivity contribution in [3.05, 3.63) is 84.4 Å². The van der Waals surface area contributed by atoms with E-state index in [1.807, 2.05) is 119 Å². The number of anilines is 3. The van der Waals surface area contributed by atoms with Crippen molar-refractivity contribution in [2.45, 2.75) is 19.1 Å². The molecule has 0 aromatic heterocycles. The molecule has 170 valence electrons. The highest BCUT2D eigenvalue weighted by molar-refractivity contribution is 7.67. The molecular formula is C26H34N3O2P. The maximum Gasteiger partial charge on any atom is 0.258 e. The third kappa shape index (κ3) is 5.53. The van der Waals surface area contributed by atoms with Gasteiger partial charge in [0.1, 0.15) is 5.78 Å². The molecule has 0 saturated heterocycles. The van der Waals surface area contributed by atoms with Crippen LogP contribution in [-0.2, 0) is 9.09 Å². The van der Waals surface area contributed by atoms with E-state index in [9.17, 15) is 4.57 Å². The third-order valence-corrected chi connectivity index (χ3v) is 8.05. The van der Waals surface area contributed by atoms with Gasteiger partial charge >= 0.3 is 0 Å². The summed E-state index contributed by atoms with van der Waals surface area (Å²) in [6.45, 7) is 2.46. The zero-order valence-corrected chi connectivity index (χ0v) is 20.5. The minimum atomic E-state index is -3.32. The first-order valence-electron chi connectivity index (χ1n) is 11.0. The molecule has 0 fully saturated rings. The number of rotatable bonds is 10. The van der Waals surface area contributed by atoms with Crippen molar-refractivity contribution >= 4 is 29.7 Å². The molecule has 3 aromatic rings. The lowest BCUT2D eigenvalue weighted by molar-refractivity contribution is 0.315. The van der Waals surface area contributed by atoms with Crippen molar-refractivity contribution < 1.29 is 9.09 Å². The van der Waals surface area contributed by atoms with Crippen LogP contribution in [0, 0.1) is 0 Å². The molecule has 5 nitrogen and oxygen atoms in total. The van der Waals surface area contributed by atoms with Gasteiger partial charge < -0.3 is 19.6 Å². The maximum absolute atomic E-state index is 14.7. The second kappa shape index (κ2) is 10.7. The molecule has 0 saturated carbocycles. The van der Waals surface area contributed by atoms with Gasteiger partial charge in [-0.05, 0) is 60.5 Å². The Hall–Kier alpha value is -2.75. The second-order valence-corrected chi connectivity index (χ2v) is 10.7. The Labute approximate surface area is 192 Å². The lowest BCUT2D eigenvalue weighted by atomic mass is 10.2. The predicted molar refractivity (Wildman–Crippen MR) is 138 cm³/mol. The molecule has 32 heavy (non-hydrogen) atoms. The van der Waals surface area contributed by atoms with Gasteiger partial charge in [-0.3, -0.25) is 4.57 Å². The fourth-order valence-corrected chi connectivity index (χ4v) is 5.99. The highest BCUT2D eigenvalue weighted by atomic mass is 31.2. The standard InChI is InChI=1S/C26H34N3O2P/c1-6-20-31-32(30,25-18-16-24(17-19-25)29(4)5)26(27-22-10-8-7-9-11-22)21-12-14-23(15-13-21)28(2)3/h7-19,26-27H,6,20H2,1-5H3/t26-,32+/m0/s1. The first kappa shape index (κ1) is 23.9. The highest BCUT2D eigenvalue weighted by Gasteiger charge is 2.38. The zero-order valence-electron chi connectivity index (χ0n) is 19.7. The van der Waals surface area contributed by atoms with E-state index in [1.54, 1.807) is 0 Å². The Morgan fingerprint density at radius 3 is 1.84 bits per heavy atom. The Balaban J connectivity index is 2.10. The Bertz CT molecular complexity index is 1020. The van der Waals surface area contributed by atoms with Crippen molar-refractivity contribution in [2.24, 2.45) is 0 Å². The molecule has 0 radical (unpaired) electrons. The molecule has 3 aromatic carbocycles. The van der Waals surface area contributed by atoms with E-state index in [2.05, 4.69) is 10.2 Å². The number of benzene rings is 3. The maximum atomic E-state index is 14.7. The van der Waals surface area contributed by atoms with Crippen molar-refractivity contribution in [1.82, 2.24) is 0 Å². The van der Waals surface area contributed by atoms with Crippen LogP contribution in [0.2, 0.25) is 0 Å². The van der Waals surface area contributed by atoms with E-state index in [1.165, 1.54) is 0 Å². The fraction of sp³-hybridized carbons (Fsp3) is 0.308. The normalized spacial score (nSPS) is 13.8. The lowest BCUT2D eigenvalue weighted by Crippen LogP contribution is -2.21. The molecular weight excluding hydrogens is 417 g/mol. The molecule has 0 aliphatic carbocycles. The van der Waals surface area contributed by atoms with Crippen LogP contribution in [0.1, 0.15) is 24.7 Å². The highest BCUT2D eigenvalue weighted by Crippen LogP contribution is 2.59. The molecule has 0 aliphatic heterocycles. The Kier molecular flexibility index (Phi) is 8.00. The monoisotopic (exact) mass is 451 g/mol. The number of nitrogens with one attached hydrogen (secondary N) is 1. The number of para-hydroxylation sites is 1. The molecule has 6 heteroatoms. The molecule has 0 amide bonds. The third-order valence-electron chi connectivity index (χ3n) is 5.36. The number of hydrogen-bond donors (Lipinski definition) is 1. The topological polar surface area (TPSA) is 44.8 Å². The van der Waals surface area contributed by atoms with Crippen LogP contribution in [0.15, 0.2) is 78.9 Å². The van der Waals surface area contributed by atoms with E-state index < -0.39 is 13.2 Å². The molecule has 0 unspecified atom stereocenters. The average molecular weight is 452 g/mol. The quantitative estimate of drug-likeness (QED) is 0.385. The number of nitrogens with zero attached hydrogens (tertiary/aromatic N) is 2. The first-order chi connectivity index (χ1) is 15.3. The van der Waals surface area contributed by atoms with Gasteiger partial charge in [0.05, 0.1) is 6.61 Å². The molecule has 3 rings (SSSR count). The summed E-state index contributed by atoms with van der Waals surface area (Å²) in [5, 5.41) is 4.23. The Morgan fingerprint density at radius 1 is 0.812 bits per heavy atom. The van der Waals surface area contributed by atoms with Gasteiger partial charge in [-0.2, -0.15) is 0 Å². The van der Waals surface area contributed by atoms with Crippen molar-refractivity contribution in [3.63, 3.8) is 0 Å². The molecule has 0 spiro atoms. The predicted octanol–water partition coefficient (Wildman–Crippen LogP) is 5.96. The van der Waals surface area contributed by atoms with Crippen molar-refractivity contribution in [1.29, 1.82) is 0 Å². The van der Waals surface area contributed by atoms with Crippen molar-refractivity contribution in [3.8, 4) is 0 Å². The van der Waals surface area contributed by atoms with Gasteiger partial charge in [0, 0.05) is 50.6 Å². The van der Waals surface area contributed by atoms with E-state index in [4.69, 9.17) is 4.52 Å². The summed E-state index contributed by atoms with van der Waals surface area (Å²) in [6, 6.07) is 25.9. The van der Waals surface area contributed by atoms with Crippen LogP contribution in [0.5, 0.6) is 0 Å². The summed E-state index contributed by atoms with van der Waals surface area (Å²) in [4.78, 5) is 4.08. The summed E-state index contributed by atoms with van der Waals surface area (Å²) in [5.74, 6) is -0.516. The molecule has 0 bridgehead atoms. The van der Waals surface area contributed by atoms with Crippen molar-refractivity contribution in [2.75, 3.05) is 49.9 Å². The summed E-state index contributed by atoms with van der Waals surface area (Å²) < 4.78 is 20.9. The van der Waals surface area contributed by atoms with Gasteiger partial charge in [0.15, 0.2) is 0 Å². The second-order valence-electron chi connectivity index (χ2n) is 8.24. The minimum absolute atomic E-state index is 0.426. The summed E-state index contributed by atoms with van der Waals surface area (Å²) in [5.41, 5.74) is 3.97. The SMILES string of the molecule is CCCO[P@](=O)(c1ccc(N(C)C)cc1)[C@H](Nc1ccccc1)c1ccc(N(C)C)cc1. The van der Waals surface area contributed by atoms with E-state index >= 15 is 0 Å². The fourth-order valence-electron chi connectivity index (χ4n) is 3.50. The Morgan fingerprint density at radius 2 is 1.34 bits per heavy atom. The molecule has 1 N–H and O–H groups in total. The minimum Gasteiger partial charge on any atom is -0.378 e. The van der Waals surface area contributed by atoms with Gasteiger partial charge in [0.2, 0.25) is 0 Å². The smallest absolute Gasteiger partial charge is 0.258 e. The van der Waals surface area contributed by atoms with Crippen LogP contribution in [0.3, 0.4) is 0 Å². The zero-order chi connectivity index (χ0) is 23.1. The van der Waals surface area contributed by atoms with Crippen LogP contribution >= 0.6 is 7.37 Å². The van der Waals surface area contributed by atoms with Gasteiger partial charge in [-0.1, -0.05) is 37.3 Å². The lowest BCUT2D eigenvalue weighted by Gasteiger charge is -2.30. The first-order valence-corrected chi connectivity index (χ1v) is 12.7. The van der Waals surface area contributed by atoms with Crippen LogP contribution in [0.25, 0.3) is 0 Å². The van der Waals surface area contributed by atoms with Crippen LogP contribution < -0.4 is 20.4 Å². The van der Waals surface area contributed by atoms with Crippen LogP contribution in [0.4, 0.5) is 17.1 Å². The van der Waals surface area contributed by atoms with E-state index in [0.717, 1.165) is 29.0 Å². The van der Waals surface area contributed by atoms with Gasteiger partial charge in [0.25, 0.3) is 7.37 Å². The average Bonchev–Trinajstić information content (AvgIpc) is 2.82. The van der Waals surface area contributed by atoms with E-state index in [-0.39, 0.29) is 0 Å².